The van der Waals surface area contributed by atoms with Gasteiger partial charge < -0.3 is 10.6 Å². The van der Waals surface area contributed by atoms with Crippen LogP contribution in [-0.2, 0) is 11.3 Å². The average Bonchev–Trinajstić information content (AvgIpc) is 2.97. The lowest BCUT2D eigenvalue weighted by Crippen LogP contribution is -2.50. The van der Waals surface area contributed by atoms with Crippen molar-refractivity contribution in [3.05, 3.63) is 69.7 Å². The van der Waals surface area contributed by atoms with Gasteiger partial charge in [-0.15, -0.1) is 0 Å². The van der Waals surface area contributed by atoms with Crippen molar-refractivity contribution in [3.8, 4) is 0 Å². The predicted molar refractivity (Wildman–Crippen MR) is 123 cm³/mol. The Kier molecular flexibility index (Phi) is 7.16. The molecule has 2 N–H and O–H groups in total. The van der Waals surface area contributed by atoms with Gasteiger partial charge in [-0.3, -0.25) is 14.5 Å². The first-order chi connectivity index (χ1) is 15.0. The molecule has 3 atom stereocenters. The van der Waals surface area contributed by atoms with Crippen LogP contribution in [0, 0.1) is 0 Å². The van der Waals surface area contributed by atoms with Gasteiger partial charge in [-0.05, 0) is 61.6 Å². The molecule has 31 heavy (non-hydrogen) atoms. The largest absolute Gasteiger partial charge is 0.353 e. The summed E-state index contributed by atoms with van der Waals surface area (Å²) in [6, 6.07) is 16.0. The minimum atomic E-state index is -0.219. The quantitative estimate of drug-likeness (QED) is 0.643. The summed E-state index contributed by atoms with van der Waals surface area (Å²) in [6.07, 6.45) is 4.59. The van der Waals surface area contributed by atoms with Crippen molar-refractivity contribution in [1.29, 1.82) is 0 Å². The van der Waals surface area contributed by atoms with Gasteiger partial charge in [-0.25, -0.2) is 0 Å². The van der Waals surface area contributed by atoms with Crippen LogP contribution in [0.15, 0.2) is 48.5 Å². The number of fused-ring (bicyclic) bond motifs is 2. The summed E-state index contributed by atoms with van der Waals surface area (Å²) in [5.74, 6) is -0.231. The van der Waals surface area contributed by atoms with Crippen LogP contribution in [0.2, 0.25) is 10.0 Å². The van der Waals surface area contributed by atoms with Crippen molar-refractivity contribution in [2.75, 3.05) is 6.54 Å². The monoisotopic (exact) mass is 459 g/mol. The van der Waals surface area contributed by atoms with Crippen molar-refractivity contribution in [1.82, 2.24) is 15.5 Å². The van der Waals surface area contributed by atoms with Gasteiger partial charge >= 0.3 is 0 Å². The molecule has 2 saturated heterocycles. The molecular weight excluding hydrogens is 433 g/mol. The molecule has 2 amide bonds. The summed E-state index contributed by atoms with van der Waals surface area (Å²) in [4.78, 5) is 27.1. The number of amides is 2. The molecular formula is C24H27Cl2N3O2. The van der Waals surface area contributed by atoms with Crippen LogP contribution in [0.4, 0.5) is 0 Å². The van der Waals surface area contributed by atoms with E-state index in [0.717, 1.165) is 24.4 Å². The second-order valence-electron chi connectivity index (χ2n) is 8.44. The molecule has 2 bridgehead atoms. The first-order valence-corrected chi connectivity index (χ1v) is 11.6. The summed E-state index contributed by atoms with van der Waals surface area (Å²) in [5.41, 5.74) is 1.77. The lowest BCUT2D eigenvalue weighted by atomic mass is 9.96. The number of carbonyl (C=O) groups excluding carboxylic acids is 2. The summed E-state index contributed by atoms with van der Waals surface area (Å²) in [7, 11) is 0. The highest BCUT2D eigenvalue weighted by Crippen LogP contribution is 2.37. The fourth-order valence-electron chi connectivity index (χ4n) is 4.77. The van der Waals surface area contributed by atoms with E-state index < -0.39 is 0 Å². The molecule has 164 valence electrons. The highest BCUT2D eigenvalue weighted by atomic mass is 35.5. The molecule has 2 fully saturated rings. The fourth-order valence-corrected chi connectivity index (χ4v) is 5.09. The summed E-state index contributed by atoms with van der Waals surface area (Å²) in [6.45, 7) is 1.24. The van der Waals surface area contributed by atoms with Gasteiger partial charge in [0.15, 0.2) is 0 Å². The van der Waals surface area contributed by atoms with Crippen LogP contribution < -0.4 is 10.6 Å². The standard InChI is InChI=1S/C24H27Cl2N3O2/c25-18-6-4-16(5-7-18)15-29-21-8-9-22(29)14-20(13-21)28-23(30)10-11-27-24(31)17-2-1-3-19(26)12-17/h1-7,12,20-22H,8-11,13-15H2,(H,27,31)(H,28,30)/t20-,21-,22+. The van der Waals surface area contributed by atoms with E-state index in [4.69, 9.17) is 23.2 Å². The maximum atomic E-state index is 12.4. The van der Waals surface area contributed by atoms with Crippen LogP contribution in [-0.4, -0.2) is 41.4 Å². The molecule has 5 nitrogen and oxygen atoms in total. The Morgan fingerprint density at radius 2 is 1.68 bits per heavy atom. The molecule has 2 aromatic rings. The predicted octanol–water partition coefficient (Wildman–Crippen LogP) is 4.43. The van der Waals surface area contributed by atoms with E-state index in [1.54, 1.807) is 24.3 Å². The van der Waals surface area contributed by atoms with Crippen LogP contribution in [0.3, 0.4) is 0 Å². The zero-order valence-electron chi connectivity index (χ0n) is 17.3. The molecule has 0 aliphatic carbocycles. The number of benzene rings is 2. The van der Waals surface area contributed by atoms with E-state index in [2.05, 4.69) is 27.7 Å². The molecule has 2 heterocycles. The number of piperidine rings is 1. The number of nitrogens with one attached hydrogen (secondary N) is 2. The lowest BCUT2D eigenvalue weighted by molar-refractivity contribution is -0.122. The lowest BCUT2D eigenvalue weighted by Gasteiger charge is -2.39. The zero-order chi connectivity index (χ0) is 21.8. The molecule has 0 aromatic heterocycles. The normalized spacial score (nSPS) is 22.8. The first-order valence-electron chi connectivity index (χ1n) is 10.8. The smallest absolute Gasteiger partial charge is 0.251 e. The second-order valence-corrected chi connectivity index (χ2v) is 9.31. The van der Waals surface area contributed by atoms with E-state index in [-0.39, 0.29) is 24.3 Å². The fraction of sp³-hybridized carbons (Fsp3) is 0.417. The van der Waals surface area contributed by atoms with E-state index >= 15 is 0 Å². The van der Waals surface area contributed by atoms with Crippen LogP contribution in [0.1, 0.15) is 48.0 Å². The van der Waals surface area contributed by atoms with Crippen LogP contribution >= 0.6 is 23.2 Å². The highest BCUT2D eigenvalue weighted by Gasteiger charge is 2.40. The van der Waals surface area contributed by atoms with E-state index in [1.165, 1.54) is 18.4 Å². The van der Waals surface area contributed by atoms with Crippen molar-refractivity contribution < 1.29 is 9.59 Å². The van der Waals surface area contributed by atoms with E-state index in [1.807, 2.05) is 12.1 Å². The van der Waals surface area contributed by atoms with Crippen LogP contribution in [0.5, 0.6) is 0 Å². The molecule has 4 rings (SSSR count). The van der Waals surface area contributed by atoms with Crippen molar-refractivity contribution in [2.24, 2.45) is 0 Å². The number of hydrogen-bond acceptors (Lipinski definition) is 3. The maximum Gasteiger partial charge on any atom is 0.251 e. The number of rotatable bonds is 7. The second kappa shape index (κ2) is 10.0. The van der Waals surface area contributed by atoms with E-state index in [9.17, 15) is 9.59 Å². The van der Waals surface area contributed by atoms with Gasteiger partial charge in [-0.2, -0.15) is 0 Å². The Balaban J connectivity index is 1.21. The average molecular weight is 460 g/mol. The van der Waals surface area contributed by atoms with Gasteiger partial charge in [0, 0.05) is 53.2 Å². The minimum absolute atomic E-state index is 0.0121. The topological polar surface area (TPSA) is 61.4 Å². The van der Waals surface area contributed by atoms with Gasteiger partial charge in [0.2, 0.25) is 5.91 Å². The molecule has 2 aliphatic rings. The molecule has 0 saturated carbocycles. The molecule has 0 radical (unpaired) electrons. The molecule has 7 heteroatoms. The Bertz CT molecular complexity index is 921. The Labute approximate surface area is 193 Å². The number of hydrogen-bond donors (Lipinski definition) is 2. The van der Waals surface area contributed by atoms with Crippen molar-refractivity contribution >= 4 is 35.0 Å². The Morgan fingerprint density at radius 1 is 0.968 bits per heavy atom. The van der Waals surface area contributed by atoms with Gasteiger partial charge in [-0.1, -0.05) is 41.4 Å². The third-order valence-corrected chi connectivity index (χ3v) is 6.74. The third kappa shape index (κ3) is 5.79. The highest BCUT2D eigenvalue weighted by molar-refractivity contribution is 6.31. The van der Waals surface area contributed by atoms with Gasteiger partial charge in [0.1, 0.15) is 0 Å². The van der Waals surface area contributed by atoms with Crippen molar-refractivity contribution in [3.63, 3.8) is 0 Å². The van der Waals surface area contributed by atoms with Crippen LogP contribution in [0.25, 0.3) is 0 Å². The molecule has 2 aliphatic heterocycles. The van der Waals surface area contributed by atoms with Crippen molar-refractivity contribution in [2.45, 2.75) is 56.8 Å². The number of nitrogens with zero attached hydrogens (tertiary/aromatic N) is 1. The molecule has 2 aromatic carbocycles. The Hall–Kier alpha value is -2.08. The summed E-state index contributed by atoms with van der Waals surface area (Å²) in [5, 5.41) is 7.24. The maximum absolute atomic E-state index is 12.4. The number of halogens is 2. The minimum Gasteiger partial charge on any atom is -0.353 e. The molecule has 0 unspecified atom stereocenters. The molecule has 0 spiro atoms. The van der Waals surface area contributed by atoms with Gasteiger partial charge in [0.05, 0.1) is 0 Å². The Morgan fingerprint density at radius 3 is 2.35 bits per heavy atom. The number of carbonyl (C=O) groups is 2. The van der Waals surface area contributed by atoms with E-state index in [0.29, 0.717) is 29.2 Å². The van der Waals surface area contributed by atoms with Gasteiger partial charge in [0.25, 0.3) is 5.91 Å². The third-order valence-electron chi connectivity index (χ3n) is 6.25. The summed E-state index contributed by atoms with van der Waals surface area (Å²) >= 11 is 11.9. The summed E-state index contributed by atoms with van der Waals surface area (Å²) < 4.78 is 0. The first kappa shape index (κ1) is 22.1. The zero-order valence-corrected chi connectivity index (χ0v) is 18.8. The SMILES string of the molecule is O=C(CCNC(=O)c1cccc(Cl)c1)N[C@@H]1C[C@H]2CC[C@@H](C1)N2Cc1ccc(Cl)cc1.